The number of rotatable bonds is 24. The Hall–Kier alpha value is -12.4. The van der Waals surface area contributed by atoms with Crippen molar-refractivity contribution in [3.63, 3.8) is 0 Å². The molecule has 0 bridgehead atoms. The van der Waals surface area contributed by atoms with Crippen LogP contribution in [0.25, 0.3) is 22.3 Å². The number of pyridine rings is 3. The van der Waals surface area contributed by atoms with Gasteiger partial charge in [0.2, 0.25) is 0 Å². The van der Waals surface area contributed by atoms with Crippen LogP contribution in [0, 0.1) is 55.7 Å². The van der Waals surface area contributed by atoms with E-state index < -0.39 is 124 Å². The number of methoxy groups -OCH3 is 5. The van der Waals surface area contributed by atoms with Crippen molar-refractivity contribution in [2.75, 3.05) is 129 Å². The van der Waals surface area contributed by atoms with E-state index in [-0.39, 0.29) is 89.6 Å². The van der Waals surface area contributed by atoms with Crippen LogP contribution in [-0.2, 0) is 107 Å². The van der Waals surface area contributed by atoms with Crippen molar-refractivity contribution in [1.29, 1.82) is 0 Å². The molecule has 16 rings (SSSR count). The van der Waals surface area contributed by atoms with Crippen LogP contribution in [0.4, 0.5) is 43.4 Å². The summed E-state index contributed by atoms with van der Waals surface area (Å²) in [6.07, 6.45) is 3.70. The largest absolute Gasteiger partial charge is 1.00 e. The molecule has 4 fully saturated rings. The van der Waals surface area contributed by atoms with E-state index in [0.29, 0.717) is 206 Å². The third-order valence-electron chi connectivity index (χ3n) is 27.4. The molecule has 0 radical (unpaired) electrons. The molecule has 0 spiro atoms. The van der Waals surface area contributed by atoms with Gasteiger partial charge in [-0.3, -0.25) is 28.8 Å². The smallest absolute Gasteiger partial charge is 0.870 e. The number of hydrogen-bond acceptors (Lipinski definition) is 26. The SMILES string of the molecule is COC(=O)[C@H](Cc1ccc(-c2c(OC)cc(C)n(C)c2=O)c2c1CCCO2)NC(=O)c1c(F)cc(N2CCOC[C@@H]2C)cc1F.COC(=O)[C@H](Cc1ccc(B2OC(C)(C)C(C)(C)O2)c2c1CCCO2)NC(=O)c1c(F)cc(N2CCOC[C@@H]2C)cc1F.COc1cc(C)n(C)c(=O)c1-c1ccc(C[C@H](NC(=O)c2c(F)cc(N3CCOC[C@@H]3C)cc2F)C(=O)O)c2c1OCCC2.COc1cc(C)n(C)c(=O)c1Br.O.[Li+].[OH-]. The Kier molecular flexibility index (Phi) is 39.7. The van der Waals surface area contributed by atoms with Gasteiger partial charge in [-0.2, -0.15) is 0 Å². The van der Waals surface area contributed by atoms with E-state index in [1.165, 1.54) is 37.6 Å². The number of morpholine rings is 3. The van der Waals surface area contributed by atoms with Crippen molar-refractivity contribution in [3.8, 4) is 56.8 Å². The number of aryl methyl sites for hydroxylation is 3. The van der Waals surface area contributed by atoms with Crippen molar-refractivity contribution < 1.29 is 151 Å². The van der Waals surface area contributed by atoms with Gasteiger partial charge in [-0.05, 0) is 193 Å². The molecule has 6 aromatic carbocycles. The fourth-order valence-corrected chi connectivity index (χ4v) is 19.0. The number of nitrogens with zero attached hydrogens (tertiary/aromatic N) is 6. The average Bonchev–Trinajstić information content (AvgIpc) is 0.872. The van der Waals surface area contributed by atoms with E-state index in [4.69, 9.17) is 61.4 Å². The number of esters is 2. The van der Waals surface area contributed by atoms with Crippen LogP contribution in [0.1, 0.15) is 149 Å². The molecular formula is C104H124BBrF6LiN9O25. The first kappa shape index (κ1) is 117. The van der Waals surface area contributed by atoms with Gasteiger partial charge in [0, 0.05) is 147 Å². The Morgan fingerprint density at radius 3 is 1.07 bits per heavy atom. The number of carbonyl (C=O) groups excluding carboxylic acids is 5. The summed E-state index contributed by atoms with van der Waals surface area (Å²) < 4.78 is 169. The van der Waals surface area contributed by atoms with E-state index >= 15 is 26.3 Å². The average molecular weight is 2110 g/mol. The second-order valence-corrected chi connectivity index (χ2v) is 38.0. The van der Waals surface area contributed by atoms with Gasteiger partial charge >= 0.3 is 43.9 Å². The normalized spacial score (nSPS) is 17.3. The van der Waals surface area contributed by atoms with E-state index in [2.05, 4.69) is 31.9 Å². The van der Waals surface area contributed by atoms with Crippen LogP contribution in [0.3, 0.4) is 0 Å². The molecular weight excluding hydrogens is 1990 g/mol. The van der Waals surface area contributed by atoms with Crippen molar-refractivity contribution >= 4 is 81.2 Å². The summed E-state index contributed by atoms with van der Waals surface area (Å²) in [6.45, 7) is 24.2. The number of carboxylic acids is 1. The maximum atomic E-state index is 15.3. The van der Waals surface area contributed by atoms with Crippen molar-refractivity contribution in [2.24, 2.45) is 21.1 Å². The molecule has 788 valence electrons. The Balaban J connectivity index is 0.000000211. The summed E-state index contributed by atoms with van der Waals surface area (Å²) in [6, 6.07) is 18.2. The molecule has 9 aromatic rings. The zero-order valence-corrected chi connectivity index (χ0v) is 87.3. The second kappa shape index (κ2) is 50.1. The molecule has 7 aliphatic heterocycles. The zero-order valence-electron chi connectivity index (χ0n) is 85.8. The van der Waals surface area contributed by atoms with Gasteiger partial charge in [0.1, 0.15) is 109 Å². The maximum Gasteiger partial charge on any atom is 1.00 e. The Bertz CT molecular complexity index is 6510. The summed E-state index contributed by atoms with van der Waals surface area (Å²) in [5.41, 5.74) is 5.83. The minimum atomic E-state index is -1.50. The number of aliphatic carboxylic acids is 1. The Morgan fingerprint density at radius 2 is 0.755 bits per heavy atom. The minimum absolute atomic E-state index is 0. The summed E-state index contributed by atoms with van der Waals surface area (Å²) in [5.74, 6) is -9.63. The van der Waals surface area contributed by atoms with Gasteiger partial charge in [-0.1, -0.05) is 36.4 Å². The first-order valence-electron chi connectivity index (χ1n) is 47.4. The number of ether oxygens (including phenoxy) is 11. The number of carbonyl (C=O) groups is 6. The van der Waals surface area contributed by atoms with Crippen molar-refractivity contribution in [2.45, 2.75) is 174 Å². The van der Waals surface area contributed by atoms with Crippen LogP contribution in [0.5, 0.6) is 34.5 Å². The summed E-state index contributed by atoms with van der Waals surface area (Å²) in [4.78, 5) is 121. The molecule has 0 unspecified atom stereocenters. The van der Waals surface area contributed by atoms with Gasteiger partial charge in [-0.15, -0.1) is 0 Å². The van der Waals surface area contributed by atoms with Gasteiger partial charge in [0.25, 0.3) is 34.4 Å². The van der Waals surface area contributed by atoms with Crippen molar-refractivity contribution in [1.82, 2.24) is 29.7 Å². The van der Waals surface area contributed by atoms with Crippen LogP contribution in [0.15, 0.2) is 110 Å². The third-order valence-corrected chi connectivity index (χ3v) is 28.2. The van der Waals surface area contributed by atoms with Crippen LogP contribution >= 0.6 is 15.9 Å². The predicted molar refractivity (Wildman–Crippen MR) is 535 cm³/mol. The fourth-order valence-electron chi connectivity index (χ4n) is 18.4. The molecule has 3 amide bonds. The molecule has 0 saturated carbocycles. The van der Waals surface area contributed by atoms with E-state index in [1.54, 1.807) is 88.0 Å². The molecule has 34 nitrogen and oxygen atoms in total. The number of amides is 3. The van der Waals surface area contributed by atoms with E-state index in [9.17, 15) is 48.3 Å². The number of hydrogen-bond donors (Lipinski definition) is 4. The summed E-state index contributed by atoms with van der Waals surface area (Å²) >= 11 is 3.17. The van der Waals surface area contributed by atoms with Crippen LogP contribution < -0.4 is 100 Å². The van der Waals surface area contributed by atoms with Gasteiger partial charge in [0.15, 0.2) is 0 Å². The number of carboxylic acid groups (broad SMARTS) is 1. The molecule has 7 aliphatic rings. The molecule has 0 aliphatic carbocycles. The monoisotopic (exact) mass is 2110 g/mol. The fraction of sp³-hybridized carbons (Fsp3) is 0.452. The first-order valence-corrected chi connectivity index (χ1v) is 48.2. The quantitative estimate of drug-likeness (QED) is 0.0252. The number of halogens is 7. The number of aromatic nitrogens is 3. The summed E-state index contributed by atoms with van der Waals surface area (Å²) in [5, 5.41) is 17.3. The van der Waals surface area contributed by atoms with Gasteiger partial charge in [0.05, 0.1) is 117 Å². The van der Waals surface area contributed by atoms with Gasteiger partial charge < -0.3 is 122 Å². The Morgan fingerprint density at radius 1 is 0.456 bits per heavy atom. The first-order chi connectivity index (χ1) is 68.5. The predicted octanol–water partition coefficient (Wildman–Crippen LogP) is 8.13. The molecule has 4 saturated heterocycles. The maximum absolute atomic E-state index is 15.3. The molecule has 7 N–H and O–H groups in total. The van der Waals surface area contributed by atoms with Crippen LogP contribution in [-0.4, -0.2) is 235 Å². The molecule has 10 heterocycles. The second-order valence-electron chi connectivity index (χ2n) is 37.2. The number of fused-ring (bicyclic) bond motifs is 3. The molecule has 6 atom stereocenters. The topological polar surface area (TPSA) is 416 Å². The third kappa shape index (κ3) is 25.4. The minimum Gasteiger partial charge on any atom is -0.870 e. The van der Waals surface area contributed by atoms with Crippen LogP contribution in [0.2, 0.25) is 0 Å². The standard InChI is InChI=1S/C33H37F2N3O7.C32H35F2N3O7.C31H39BF2N2O7.C8H10BrNO2.Li.2H2O/c1-18-13-27(42-4)28(32(40)37(18)3)23-9-8-20(22-7-6-11-45-30(22)23)14-26(33(41)43-5)36-31(39)29-24(34)15-21(16-25(29)35)38-10-12-44-17-19(38)2;1-17-12-26(42-4)27(31(39)36(17)3)22-8-7-19(21-6-5-10-44-29(21)22)13-25(32(40)41)35-30(38)28-23(33)14-20(15-24(28)34)37-9-11-43-16-18(37)2;1-18-17-40-13-11-36(18)20-15-23(33)26(24(34)16-20)28(37)35-25(29(38)39-6)14-19-9-10-22(27-21(19)8-7-12-41-27)32-42-30(2,3)31(4,5)43-32;1-5-4-6(12-3)7(9)8(11)10(5)2;;;/h8-9,13,15-16,19,26H,6-7,10-12,14,17H2,1-5H3,(H,36,39);7-8,12,14-15,18,25H,5-6,9-11,13,16H2,1-4H3,(H,35,38)(H,40,41);9-10,15-16,18,25H,7-8,11-14,17H2,1-6H3,(H,35,37);4H,1-3H3;;2*1H2/q;;;;+1;;/p-1/t19-,26-;2*18-,25-;;;;/m000..../s1. The molecule has 43 heteroatoms. The molecule has 3 aromatic heterocycles. The zero-order chi connectivity index (χ0) is 105. The molecule has 147 heavy (non-hydrogen) atoms. The summed E-state index contributed by atoms with van der Waals surface area (Å²) in [7, 11) is 11.3. The van der Waals surface area contributed by atoms with E-state index in [1.807, 2.05) is 83.4 Å². The van der Waals surface area contributed by atoms with E-state index in [0.717, 1.165) is 76.4 Å². The number of benzene rings is 6. The Labute approximate surface area is 867 Å². The number of nitrogens with one attached hydrogen (secondary N) is 3. The van der Waals surface area contributed by atoms with Gasteiger partial charge in [-0.25, -0.2) is 40.7 Å². The van der Waals surface area contributed by atoms with Crippen molar-refractivity contribution in [3.05, 3.63) is 229 Å². The number of anilines is 3.